The lowest BCUT2D eigenvalue weighted by atomic mass is 10.1. The smallest absolute Gasteiger partial charge is 0.119 e. The van der Waals surface area contributed by atoms with Crippen LogP contribution in [0.15, 0.2) is 48.5 Å². The number of rotatable bonds is 7. The van der Waals surface area contributed by atoms with E-state index < -0.39 is 0 Å². The standard InChI is InChI=1S/C21H28N2O2/c1-24-20-10-8-19(9-11-20)23-15-13-22(14-16-23)12-4-6-18-5-3-7-21(17-18)25-2/h3,5,7-11,17H,4,6,12-16H2,1-2H3. The fraction of sp³-hybridized carbons (Fsp3) is 0.429. The third-order valence-corrected chi connectivity index (χ3v) is 4.88. The van der Waals surface area contributed by atoms with Crippen LogP contribution in [0, 0.1) is 0 Å². The van der Waals surface area contributed by atoms with Gasteiger partial charge in [0.2, 0.25) is 0 Å². The van der Waals surface area contributed by atoms with E-state index in [1.165, 1.54) is 17.7 Å². The van der Waals surface area contributed by atoms with E-state index in [9.17, 15) is 0 Å². The first kappa shape index (κ1) is 17.6. The Balaban J connectivity index is 1.41. The molecule has 0 unspecified atom stereocenters. The Labute approximate surface area is 151 Å². The van der Waals surface area contributed by atoms with Crippen LogP contribution in [-0.4, -0.2) is 51.8 Å². The zero-order valence-electron chi connectivity index (χ0n) is 15.3. The monoisotopic (exact) mass is 340 g/mol. The highest BCUT2D eigenvalue weighted by atomic mass is 16.5. The lowest BCUT2D eigenvalue weighted by Gasteiger charge is -2.36. The predicted molar refractivity (Wildman–Crippen MR) is 103 cm³/mol. The maximum atomic E-state index is 5.30. The molecule has 0 spiro atoms. The lowest BCUT2D eigenvalue weighted by Crippen LogP contribution is -2.46. The molecule has 4 heteroatoms. The summed E-state index contributed by atoms with van der Waals surface area (Å²) in [7, 11) is 3.43. The van der Waals surface area contributed by atoms with E-state index in [4.69, 9.17) is 9.47 Å². The number of nitrogens with zero attached hydrogens (tertiary/aromatic N) is 2. The molecule has 1 aliphatic rings. The van der Waals surface area contributed by atoms with Gasteiger partial charge in [0.05, 0.1) is 14.2 Å². The molecule has 0 aliphatic carbocycles. The van der Waals surface area contributed by atoms with E-state index in [0.29, 0.717) is 0 Å². The Hall–Kier alpha value is -2.20. The van der Waals surface area contributed by atoms with Crippen molar-refractivity contribution in [1.82, 2.24) is 4.90 Å². The van der Waals surface area contributed by atoms with Crippen molar-refractivity contribution in [2.24, 2.45) is 0 Å². The second-order valence-corrected chi connectivity index (χ2v) is 6.48. The second-order valence-electron chi connectivity index (χ2n) is 6.48. The van der Waals surface area contributed by atoms with Gasteiger partial charge in [0, 0.05) is 31.9 Å². The molecule has 0 atom stereocenters. The zero-order chi connectivity index (χ0) is 17.5. The van der Waals surface area contributed by atoms with Crippen LogP contribution < -0.4 is 14.4 Å². The molecular weight excluding hydrogens is 312 g/mol. The fourth-order valence-electron chi connectivity index (χ4n) is 3.36. The van der Waals surface area contributed by atoms with Crippen molar-refractivity contribution >= 4 is 5.69 Å². The summed E-state index contributed by atoms with van der Waals surface area (Å²) in [5.74, 6) is 1.87. The number of hydrogen-bond acceptors (Lipinski definition) is 4. The summed E-state index contributed by atoms with van der Waals surface area (Å²) >= 11 is 0. The fourth-order valence-corrected chi connectivity index (χ4v) is 3.36. The van der Waals surface area contributed by atoms with Crippen molar-refractivity contribution in [2.75, 3.05) is 51.8 Å². The van der Waals surface area contributed by atoms with E-state index in [1.54, 1.807) is 14.2 Å². The van der Waals surface area contributed by atoms with Crippen LogP contribution in [0.5, 0.6) is 11.5 Å². The van der Waals surface area contributed by atoms with Crippen molar-refractivity contribution in [2.45, 2.75) is 12.8 Å². The largest absolute Gasteiger partial charge is 0.497 e. The van der Waals surface area contributed by atoms with Crippen LogP contribution in [0.1, 0.15) is 12.0 Å². The number of ether oxygens (including phenoxy) is 2. The summed E-state index contributed by atoms with van der Waals surface area (Å²) in [4.78, 5) is 5.03. The maximum absolute atomic E-state index is 5.30. The quantitative estimate of drug-likeness (QED) is 0.771. The first-order chi connectivity index (χ1) is 12.3. The van der Waals surface area contributed by atoms with Gasteiger partial charge in [-0.15, -0.1) is 0 Å². The van der Waals surface area contributed by atoms with E-state index >= 15 is 0 Å². The molecule has 1 heterocycles. The first-order valence-electron chi connectivity index (χ1n) is 9.03. The summed E-state index contributed by atoms with van der Waals surface area (Å²) in [6.07, 6.45) is 2.30. The van der Waals surface area contributed by atoms with Crippen LogP contribution >= 0.6 is 0 Å². The number of methoxy groups -OCH3 is 2. The minimum atomic E-state index is 0.917. The van der Waals surface area contributed by atoms with Crippen LogP contribution in [0.2, 0.25) is 0 Å². The predicted octanol–water partition coefficient (Wildman–Crippen LogP) is 3.46. The minimum absolute atomic E-state index is 0.917. The molecule has 2 aromatic carbocycles. The summed E-state index contributed by atoms with van der Waals surface area (Å²) in [6, 6.07) is 16.8. The van der Waals surface area contributed by atoms with Gasteiger partial charge >= 0.3 is 0 Å². The average molecular weight is 340 g/mol. The molecule has 0 bridgehead atoms. The van der Waals surface area contributed by atoms with Crippen molar-refractivity contribution in [3.63, 3.8) is 0 Å². The van der Waals surface area contributed by atoms with Crippen LogP contribution in [-0.2, 0) is 6.42 Å². The molecule has 0 aromatic heterocycles. The van der Waals surface area contributed by atoms with Gasteiger partial charge in [0.25, 0.3) is 0 Å². The highest BCUT2D eigenvalue weighted by Gasteiger charge is 2.16. The maximum Gasteiger partial charge on any atom is 0.119 e. The first-order valence-corrected chi connectivity index (χ1v) is 9.03. The van der Waals surface area contributed by atoms with Gasteiger partial charge in [-0.2, -0.15) is 0 Å². The topological polar surface area (TPSA) is 24.9 Å². The van der Waals surface area contributed by atoms with Crippen molar-refractivity contribution < 1.29 is 9.47 Å². The van der Waals surface area contributed by atoms with E-state index in [0.717, 1.165) is 50.6 Å². The SMILES string of the molecule is COc1ccc(N2CCN(CCCc3cccc(OC)c3)CC2)cc1. The molecule has 3 rings (SSSR count). The highest BCUT2D eigenvalue weighted by Crippen LogP contribution is 2.20. The molecule has 1 fully saturated rings. The molecule has 0 amide bonds. The Bertz CT molecular complexity index is 649. The Morgan fingerprint density at radius 1 is 0.840 bits per heavy atom. The number of piperazine rings is 1. The van der Waals surface area contributed by atoms with Gasteiger partial charge in [0.1, 0.15) is 11.5 Å². The van der Waals surface area contributed by atoms with Gasteiger partial charge in [-0.05, 0) is 61.3 Å². The Morgan fingerprint density at radius 2 is 1.56 bits per heavy atom. The van der Waals surface area contributed by atoms with E-state index in [-0.39, 0.29) is 0 Å². The lowest BCUT2D eigenvalue weighted by molar-refractivity contribution is 0.255. The minimum Gasteiger partial charge on any atom is -0.497 e. The molecular formula is C21H28N2O2. The molecule has 1 aliphatic heterocycles. The number of anilines is 1. The van der Waals surface area contributed by atoms with E-state index in [1.807, 2.05) is 18.2 Å². The molecule has 2 aromatic rings. The second kappa shape index (κ2) is 8.77. The van der Waals surface area contributed by atoms with Gasteiger partial charge in [0.15, 0.2) is 0 Å². The number of hydrogen-bond donors (Lipinski definition) is 0. The van der Waals surface area contributed by atoms with Gasteiger partial charge in [-0.3, -0.25) is 4.90 Å². The van der Waals surface area contributed by atoms with Crippen LogP contribution in [0.25, 0.3) is 0 Å². The normalized spacial score (nSPS) is 15.2. The zero-order valence-corrected chi connectivity index (χ0v) is 15.3. The summed E-state index contributed by atoms with van der Waals surface area (Å²) < 4.78 is 10.5. The average Bonchev–Trinajstić information content (AvgIpc) is 2.69. The summed E-state index contributed by atoms with van der Waals surface area (Å²) in [5, 5.41) is 0. The number of benzene rings is 2. The third kappa shape index (κ3) is 4.89. The van der Waals surface area contributed by atoms with Gasteiger partial charge < -0.3 is 14.4 Å². The van der Waals surface area contributed by atoms with Gasteiger partial charge in [-0.1, -0.05) is 12.1 Å². The molecule has 0 radical (unpaired) electrons. The summed E-state index contributed by atoms with van der Waals surface area (Å²) in [6.45, 7) is 5.60. The van der Waals surface area contributed by atoms with Crippen LogP contribution in [0.3, 0.4) is 0 Å². The van der Waals surface area contributed by atoms with Crippen molar-refractivity contribution in [3.8, 4) is 11.5 Å². The van der Waals surface area contributed by atoms with E-state index in [2.05, 4.69) is 40.1 Å². The van der Waals surface area contributed by atoms with Crippen molar-refractivity contribution in [3.05, 3.63) is 54.1 Å². The Morgan fingerprint density at radius 3 is 2.24 bits per heavy atom. The van der Waals surface area contributed by atoms with Crippen LogP contribution in [0.4, 0.5) is 5.69 Å². The third-order valence-electron chi connectivity index (χ3n) is 4.88. The molecule has 4 nitrogen and oxygen atoms in total. The Kier molecular flexibility index (Phi) is 6.18. The highest BCUT2D eigenvalue weighted by molar-refractivity contribution is 5.49. The van der Waals surface area contributed by atoms with Gasteiger partial charge in [-0.25, -0.2) is 0 Å². The number of aryl methyl sites for hydroxylation is 1. The molecule has 1 saturated heterocycles. The summed E-state index contributed by atoms with van der Waals surface area (Å²) in [5.41, 5.74) is 2.65. The molecule has 0 saturated carbocycles. The van der Waals surface area contributed by atoms with Crippen molar-refractivity contribution in [1.29, 1.82) is 0 Å². The molecule has 25 heavy (non-hydrogen) atoms. The molecule has 0 N–H and O–H groups in total. The molecule has 134 valence electrons.